The molecule has 1 aromatic heterocycles. The molecule has 2 aromatic rings. The third kappa shape index (κ3) is 6.17. The van der Waals surface area contributed by atoms with E-state index >= 15 is 0 Å². The Kier molecular flexibility index (Phi) is 7.63. The summed E-state index contributed by atoms with van der Waals surface area (Å²) in [5.41, 5.74) is 3.81. The third-order valence-corrected chi connectivity index (χ3v) is 4.11. The smallest absolute Gasteiger partial charge is 0.226 e. The van der Waals surface area contributed by atoms with Gasteiger partial charge in [0.25, 0.3) is 0 Å². The van der Waals surface area contributed by atoms with Gasteiger partial charge >= 0.3 is 0 Å². The molecule has 0 saturated heterocycles. The van der Waals surface area contributed by atoms with Gasteiger partial charge in [-0.05, 0) is 38.3 Å². The zero-order chi connectivity index (χ0) is 18.9. The zero-order valence-corrected chi connectivity index (χ0v) is 16.6. The van der Waals surface area contributed by atoms with Crippen LogP contribution in [0.5, 0.6) is 0 Å². The Morgan fingerprint density at radius 1 is 1.23 bits per heavy atom. The van der Waals surface area contributed by atoms with E-state index in [9.17, 15) is 0 Å². The van der Waals surface area contributed by atoms with E-state index in [-0.39, 0.29) is 0 Å². The maximum Gasteiger partial charge on any atom is 0.226 e. The summed E-state index contributed by atoms with van der Waals surface area (Å²) in [5, 5.41) is 10.7. The minimum Gasteiger partial charge on any atom is -0.357 e. The normalized spacial score (nSPS) is 11.8. The molecule has 0 saturated carbocycles. The number of aryl methyl sites for hydroxylation is 3. The molecule has 26 heavy (non-hydrogen) atoms. The van der Waals surface area contributed by atoms with E-state index in [0.717, 1.165) is 37.7 Å². The van der Waals surface area contributed by atoms with E-state index < -0.39 is 0 Å². The lowest BCUT2D eigenvalue weighted by Crippen LogP contribution is -2.37. The van der Waals surface area contributed by atoms with Gasteiger partial charge in [-0.15, -0.1) is 0 Å². The molecule has 0 bridgehead atoms. The number of aromatic nitrogens is 2. The highest BCUT2D eigenvalue weighted by molar-refractivity contribution is 5.79. The molecule has 142 valence electrons. The van der Waals surface area contributed by atoms with Crippen molar-refractivity contribution < 1.29 is 4.52 Å². The van der Waals surface area contributed by atoms with Gasteiger partial charge in [0.2, 0.25) is 5.89 Å². The Morgan fingerprint density at radius 2 is 2.04 bits per heavy atom. The lowest BCUT2D eigenvalue weighted by atomic mass is 10.1. The minimum absolute atomic E-state index is 0.295. The van der Waals surface area contributed by atoms with Gasteiger partial charge in [0, 0.05) is 25.4 Å². The number of rotatable bonds is 8. The summed E-state index contributed by atoms with van der Waals surface area (Å²) < 4.78 is 5.27. The van der Waals surface area contributed by atoms with Crippen LogP contribution in [0.15, 0.2) is 27.7 Å². The van der Waals surface area contributed by atoms with Gasteiger partial charge in [-0.2, -0.15) is 4.98 Å². The van der Waals surface area contributed by atoms with Gasteiger partial charge in [-0.1, -0.05) is 42.8 Å². The molecule has 0 aliphatic carbocycles. The van der Waals surface area contributed by atoms with Crippen LogP contribution in [0.4, 0.5) is 0 Å². The first-order valence-corrected chi connectivity index (χ1v) is 9.40. The molecule has 0 amide bonds. The zero-order valence-electron chi connectivity index (χ0n) is 16.6. The molecule has 2 rings (SSSR count). The SMILES string of the molecule is CCNC(=NCc1ccc(C)cc1C)NCCCc1nc(C(C)C)no1. The van der Waals surface area contributed by atoms with E-state index in [0.29, 0.717) is 18.4 Å². The van der Waals surface area contributed by atoms with Crippen LogP contribution >= 0.6 is 0 Å². The molecule has 0 unspecified atom stereocenters. The molecular formula is C20H31N5O. The van der Waals surface area contributed by atoms with Crippen LogP contribution in [0.3, 0.4) is 0 Å². The number of nitrogens with zero attached hydrogens (tertiary/aromatic N) is 3. The Hall–Kier alpha value is -2.37. The average molecular weight is 358 g/mol. The Labute approximate surface area is 156 Å². The Morgan fingerprint density at radius 3 is 2.69 bits per heavy atom. The number of benzene rings is 1. The van der Waals surface area contributed by atoms with Crippen LogP contribution < -0.4 is 10.6 Å². The number of hydrogen-bond acceptors (Lipinski definition) is 4. The molecule has 0 aliphatic heterocycles. The van der Waals surface area contributed by atoms with Crippen molar-refractivity contribution >= 4 is 5.96 Å². The summed E-state index contributed by atoms with van der Waals surface area (Å²) >= 11 is 0. The van der Waals surface area contributed by atoms with Gasteiger partial charge in [0.05, 0.1) is 6.54 Å². The molecule has 1 heterocycles. The molecule has 0 spiro atoms. The average Bonchev–Trinajstić information content (AvgIpc) is 3.07. The fourth-order valence-corrected chi connectivity index (χ4v) is 2.58. The molecule has 1 aromatic carbocycles. The first-order valence-electron chi connectivity index (χ1n) is 9.40. The standard InChI is InChI=1S/C20H31N5O/c1-6-21-20(23-13-17-10-9-15(4)12-16(17)5)22-11-7-8-18-24-19(14(2)3)25-26-18/h9-10,12,14H,6-8,11,13H2,1-5H3,(H2,21,22,23). The van der Waals surface area contributed by atoms with E-state index in [1.807, 2.05) is 0 Å². The molecule has 0 radical (unpaired) electrons. The summed E-state index contributed by atoms with van der Waals surface area (Å²) in [6.45, 7) is 12.7. The number of hydrogen-bond donors (Lipinski definition) is 2. The van der Waals surface area contributed by atoms with Crippen LogP contribution in [0, 0.1) is 13.8 Å². The van der Waals surface area contributed by atoms with Gasteiger partial charge < -0.3 is 15.2 Å². The van der Waals surface area contributed by atoms with E-state index in [1.165, 1.54) is 16.7 Å². The second kappa shape index (κ2) is 9.94. The Bertz CT molecular complexity index is 721. The van der Waals surface area contributed by atoms with Crippen LogP contribution in [-0.2, 0) is 13.0 Å². The monoisotopic (exact) mass is 357 g/mol. The van der Waals surface area contributed by atoms with Crippen LogP contribution in [0.1, 0.15) is 61.5 Å². The molecule has 6 heteroatoms. The van der Waals surface area contributed by atoms with Crippen molar-refractivity contribution in [2.45, 2.75) is 59.9 Å². The largest absolute Gasteiger partial charge is 0.357 e. The van der Waals surface area contributed by atoms with Crippen molar-refractivity contribution in [2.75, 3.05) is 13.1 Å². The second-order valence-corrected chi connectivity index (χ2v) is 6.86. The predicted octanol–water partition coefficient (Wildman–Crippen LogP) is 3.50. The Balaban J connectivity index is 1.83. The molecule has 0 atom stereocenters. The number of aliphatic imine (C=N–C) groups is 1. The maximum atomic E-state index is 5.27. The summed E-state index contributed by atoms with van der Waals surface area (Å²) in [6.07, 6.45) is 1.68. The van der Waals surface area contributed by atoms with Crippen molar-refractivity contribution in [3.8, 4) is 0 Å². The predicted molar refractivity (Wildman–Crippen MR) is 105 cm³/mol. The molecular weight excluding hydrogens is 326 g/mol. The molecule has 2 N–H and O–H groups in total. The van der Waals surface area contributed by atoms with E-state index in [1.54, 1.807) is 0 Å². The van der Waals surface area contributed by atoms with E-state index in [2.05, 4.69) is 78.6 Å². The highest BCUT2D eigenvalue weighted by atomic mass is 16.5. The van der Waals surface area contributed by atoms with Crippen molar-refractivity contribution in [3.05, 3.63) is 46.6 Å². The van der Waals surface area contributed by atoms with Crippen LogP contribution in [0.25, 0.3) is 0 Å². The maximum absolute atomic E-state index is 5.27. The lowest BCUT2D eigenvalue weighted by molar-refractivity contribution is 0.368. The molecule has 0 aliphatic rings. The molecule has 0 fully saturated rings. The quantitative estimate of drug-likeness (QED) is 0.430. The van der Waals surface area contributed by atoms with Gasteiger partial charge in [-0.25, -0.2) is 4.99 Å². The topological polar surface area (TPSA) is 75.3 Å². The van der Waals surface area contributed by atoms with Crippen molar-refractivity contribution in [1.29, 1.82) is 0 Å². The fraction of sp³-hybridized carbons (Fsp3) is 0.550. The fourth-order valence-electron chi connectivity index (χ4n) is 2.58. The van der Waals surface area contributed by atoms with Gasteiger partial charge in [-0.3, -0.25) is 0 Å². The van der Waals surface area contributed by atoms with Crippen molar-refractivity contribution in [1.82, 2.24) is 20.8 Å². The summed E-state index contributed by atoms with van der Waals surface area (Å²) in [7, 11) is 0. The van der Waals surface area contributed by atoms with Gasteiger partial charge in [0.15, 0.2) is 11.8 Å². The summed E-state index contributed by atoms with van der Waals surface area (Å²) in [4.78, 5) is 9.09. The van der Waals surface area contributed by atoms with Crippen molar-refractivity contribution in [3.63, 3.8) is 0 Å². The first-order chi connectivity index (χ1) is 12.5. The third-order valence-electron chi connectivity index (χ3n) is 4.11. The highest BCUT2D eigenvalue weighted by Gasteiger charge is 2.09. The molecule has 6 nitrogen and oxygen atoms in total. The number of nitrogens with one attached hydrogen (secondary N) is 2. The second-order valence-electron chi connectivity index (χ2n) is 6.86. The minimum atomic E-state index is 0.295. The van der Waals surface area contributed by atoms with Crippen LogP contribution in [0.2, 0.25) is 0 Å². The van der Waals surface area contributed by atoms with Crippen LogP contribution in [-0.4, -0.2) is 29.2 Å². The highest BCUT2D eigenvalue weighted by Crippen LogP contribution is 2.12. The number of guanidine groups is 1. The van der Waals surface area contributed by atoms with Crippen molar-refractivity contribution in [2.24, 2.45) is 4.99 Å². The van der Waals surface area contributed by atoms with E-state index in [4.69, 9.17) is 4.52 Å². The van der Waals surface area contributed by atoms with Gasteiger partial charge in [0.1, 0.15) is 0 Å². The first kappa shape index (κ1) is 19.9. The summed E-state index contributed by atoms with van der Waals surface area (Å²) in [6, 6.07) is 6.48. The summed E-state index contributed by atoms with van der Waals surface area (Å²) in [5.74, 6) is 2.60. The lowest BCUT2D eigenvalue weighted by Gasteiger charge is -2.11.